The van der Waals surface area contributed by atoms with Gasteiger partial charge in [-0.05, 0) is 19.4 Å². The first-order valence-electron chi connectivity index (χ1n) is 4.51. The van der Waals surface area contributed by atoms with E-state index in [9.17, 15) is 18.0 Å². The summed E-state index contributed by atoms with van der Waals surface area (Å²) >= 11 is 0. The fraction of sp³-hybridized carbons (Fsp3) is 0.667. The average molecular weight is 225 g/mol. The highest BCUT2D eigenvalue weighted by Gasteiger charge is 2.25. The quantitative estimate of drug-likeness (QED) is 0.514. The van der Waals surface area contributed by atoms with Gasteiger partial charge in [-0.3, -0.25) is 0 Å². The summed E-state index contributed by atoms with van der Waals surface area (Å²) in [6, 6.07) is 0. The van der Waals surface area contributed by atoms with Crippen molar-refractivity contribution in [2.45, 2.75) is 25.4 Å². The smallest absolute Gasteiger partial charge is 0.389 e. The Balaban J connectivity index is 3.33. The normalized spacial score (nSPS) is 11.4. The number of carbonyl (C=O) groups is 1. The van der Waals surface area contributed by atoms with Gasteiger partial charge in [0, 0.05) is 18.5 Å². The maximum absolute atomic E-state index is 11.7. The number of carboxylic acids is 1. The van der Waals surface area contributed by atoms with Crippen LogP contribution in [0.3, 0.4) is 0 Å². The molecule has 0 unspecified atom stereocenters. The molecule has 0 aliphatic heterocycles. The molecule has 0 saturated heterocycles. The van der Waals surface area contributed by atoms with Crippen molar-refractivity contribution in [1.82, 2.24) is 5.32 Å². The molecule has 0 fully saturated rings. The van der Waals surface area contributed by atoms with E-state index in [-0.39, 0.29) is 18.5 Å². The van der Waals surface area contributed by atoms with E-state index in [0.717, 1.165) is 0 Å². The monoisotopic (exact) mass is 225 g/mol. The molecule has 0 rings (SSSR count). The number of aliphatic carboxylic acids is 1. The molecule has 0 saturated carbocycles. The molecule has 0 radical (unpaired) electrons. The summed E-state index contributed by atoms with van der Waals surface area (Å²) < 4.78 is 35.1. The topological polar surface area (TPSA) is 49.3 Å². The van der Waals surface area contributed by atoms with Gasteiger partial charge < -0.3 is 10.4 Å². The second-order valence-electron chi connectivity index (χ2n) is 3.16. The van der Waals surface area contributed by atoms with E-state index in [2.05, 4.69) is 11.9 Å². The number of hydrogen-bond acceptors (Lipinski definition) is 2. The molecule has 3 nitrogen and oxygen atoms in total. The zero-order chi connectivity index (χ0) is 11.9. The lowest BCUT2D eigenvalue weighted by Crippen LogP contribution is -2.21. The number of unbranched alkanes of at least 4 members (excludes halogenated alkanes) is 1. The minimum Gasteiger partial charge on any atom is -0.478 e. The number of halogens is 3. The van der Waals surface area contributed by atoms with Gasteiger partial charge >= 0.3 is 12.1 Å². The van der Waals surface area contributed by atoms with E-state index in [0.29, 0.717) is 13.0 Å². The van der Waals surface area contributed by atoms with Gasteiger partial charge in [-0.25, -0.2) is 4.79 Å². The zero-order valence-electron chi connectivity index (χ0n) is 8.23. The molecule has 6 heteroatoms. The molecule has 0 aliphatic rings. The van der Waals surface area contributed by atoms with Crippen molar-refractivity contribution in [2.24, 2.45) is 0 Å². The summed E-state index contributed by atoms with van der Waals surface area (Å²) in [6.45, 7) is 3.73. The van der Waals surface area contributed by atoms with Crippen molar-refractivity contribution in [3.05, 3.63) is 12.2 Å². The van der Waals surface area contributed by atoms with Crippen LogP contribution < -0.4 is 5.32 Å². The van der Waals surface area contributed by atoms with E-state index in [1.54, 1.807) is 0 Å². The molecule has 0 spiro atoms. The Morgan fingerprint density at radius 1 is 1.33 bits per heavy atom. The van der Waals surface area contributed by atoms with Crippen molar-refractivity contribution in [3.63, 3.8) is 0 Å². The van der Waals surface area contributed by atoms with Crippen molar-refractivity contribution >= 4 is 5.97 Å². The van der Waals surface area contributed by atoms with Crippen LogP contribution in [0.25, 0.3) is 0 Å². The molecule has 0 heterocycles. The zero-order valence-corrected chi connectivity index (χ0v) is 8.23. The standard InChI is InChI=1S/C9H14F3NO2/c1-7(8(14)15)6-13-5-3-2-4-9(10,11)12/h13H,1-6H2,(H,14,15). The first-order chi connectivity index (χ1) is 6.83. The van der Waals surface area contributed by atoms with Crippen LogP contribution in [0.2, 0.25) is 0 Å². The lowest BCUT2D eigenvalue weighted by Gasteiger charge is -2.06. The van der Waals surface area contributed by atoms with Crippen LogP contribution >= 0.6 is 0 Å². The maximum Gasteiger partial charge on any atom is 0.389 e. The summed E-state index contributed by atoms with van der Waals surface area (Å²) in [5, 5.41) is 11.1. The summed E-state index contributed by atoms with van der Waals surface area (Å²) in [5.41, 5.74) is 0.00539. The first kappa shape index (κ1) is 14.0. The predicted molar refractivity (Wildman–Crippen MR) is 49.6 cm³/mol. The lowest BCUT2D eigenvalue weighted by atomic mass is 10.2. The van der Waals surface area contributed by atoms with E-state index in [1.165, 1.54) is 0 Å². The van der Waals surface area contributed by atoms with Crippen LogP contribution in [0.15, 0.2) is 12.2 Å². The summed E-state index contributed by atoms with van der Waals surface area (Å²) in [6.07, 6.45) is -4.48. The Morgan fingerprint density at radius 3 is 2.40 bits per heavy atom. The largest absolute Gasteiger partial charge is 0.478 e. The maximum atomic E-state index is 11.7. The van der Waals surface area contributed by atoms with Gasteiger partial charge in [0.05, 0.1) is 0 Å². The van der Waals surface area contributed by atoms with Crippen LogP contribution in [0.5, 0.6) is 0 Å². The second kappa shape index (κ2) is 6.44. The molecular formula is C9H14F3NO2. The SMILES string of the molecule is C=C(CNCCCCC(F)(F)F)C(=O)O. The van der Waals surface area contributed by atoms with Gasteiger partial charge in [0.15, 0.2) is 0 Å². The molecule has 0 atom stereocenters. The van der Waals surface area contributed by atoms with Crippen molar-refractivity contribution in [3.8, 4) is 0 Å². The van der Waals surface area contributed by atoms with E-state index in [4.69, 9.17) is 5.11 Å². The molecule has 15 heavy (non-hydrogen) atoms. The minimum atomic E-state index is -4.11. The number of rotatable bonds is 7. The van der Waals surface area contributed by atoms with Crippen molar-refractivity contribution < 1.29 is 23.1 Å². The number of nitrogens with one attached hydrogen (secondary N) is 1. The molecule has 0 aromatic carbocycles. The van der Waals surface area contributed by atoms with Crippen LogP contribution in [0, 0.1) is 0 Å². The highest BCUT2D eigenvalue weighted by atomic mass is 19.4. The van der Waals surface area contributed by atoms with Gasteiger partial charge in [-0.1, -0.05) is 6.58 Å². The molecular weight excluding hydrogens is 211 g/mol. The third kappa shape index (κ3) is 9.27. The highest BCUT2D eigenvalue weighted by Crippen LogP contribution is 2.21. The highest BCUT2D eigenvalue weighted by molar-refractivity contribution is 5.86. The van der Waals surface area contributed by atoms with Crippen molar-refractivity contribution in [2.75, 3.05) is 13.1 Å². The molecule has 88 valence electrons. The Morgan fingerprint density at radius 2 is 1.93 bits per heavy atom. The summed E-state index contributed by atoms with van der Waals surface area (Å²) in [5.74, 6) is -1.10. The Labute approximate surface area is 86.0 Å². The third-order valence-corrected chi connectivity index (χ3v) is 1.70. The fourth-order valence-corrected chi connectivity index (χ4v) is 0.890. The van der Waals surface area contributed by atoms with Crippen LogP contribution in [0.1, 0.15) is 19.3 Å². The average Bonchev–Trinajstić information content (AvgIpc) is 2.08. The minimum absolute atomic E-state index is 0.00539. The summed E-state index contributed by atoms with van der Waals surface area (Å²) in [7, 11) is 0. The van der Waals surface area contributed by atoms with Crippen LogP contribution in [-0.2, 0) is 4.79 Å². The number of hydrogen-bond donors (Lipinski definition) is 2. The predicted octanol–water partition coefficient (Wildman–Crippen LogP) is 1.95. The number of carboxylic acid groups (broad SMARTS) is 1. The van der Waals surface area contributed by atoms with Crippen LogP contribution in [-0.4, -0.2) is 30.3 Å². The Hall–Kier alpha value is -1.04. The Bertz CT molecular complexity index is 226. The summed E-state index contributed by atoms with van der Waals surface area (Å²) in [4.78, 5) is 10.3. The van der Waals surface area contributed by atoms with E-state index >= 15 is 0 Å². The molecule has 2 N–H and O–H groups in total. The molecule has 0 aromatic rings. The molecule has 0 aliphatic carbocycles. The lowest BCUT2D eigenvalue weighted by molar-refractivity contribution is -0.135. The number of alkyl halides is 3. The van der Waals surface area contributed by atoms with Gasteiger partial charge in [0.25, 0.3) is 0 Å². The van der Waals surface area contributed by atoms with Gasteiger partial charge in [0.2, 0.25) is 0 Å². The van der Waals surface area contributed by atoms with Crippen LogP contribution in [0.4, 0.5) is 13.2 Å². The van der Waals surface area contributed by atoms with E-state index < -0.39 is 18.6 Å². The molecule has 0 aromatic heterocycles. The van der Waals surface area contributed by atoms with Gasteiger partial charge in [-0.15, -0.1) is 0 Å². The first-order valence-corrected chi connectivity index (χ1v) is 4.51. The van der Waals surface area contributed by atoms with Gasteiger partial charge in [0.1, 0.15) is 0 Å². The van der Waals surface area contributed by atoms with E-state index in [1.807, 2.05) is 0 Å². The Kier molecular flexibility index (Phi) is 6.00. The molecule has 0 amide bonds. The second-order valence-corrected chi connectivity index (χ2v) is 3.16. The van der Waals surface area contributed by atoms with Gasteiger partial charge in [-0.2, -0.15) is 13.2 Å². The molecule has 0 bridgehead atoms. The van der Waals surface area contributed by atoms with Crippen molar-refractivity contribution in [1.29, 1.82) is 0 Å². The third-order valence-electron chi connectivity index (χ3n) is 1.70. The fourth-order valence-electron chi connectivity index (χ4n) is 0.890.